The summed E-state index contributed by atoms with van der Waals surface area (Å²) in [7, 11) is 0. The van der Waals surface area contributed by atoms with Gasteiger partial charge in [0.2, 0.25) is 11.8 Å². The Hall–Kier alpha value is -3.38. The minimum atomic E-state index is -0.932. The molecule has 2 aromatic carbocycles. The van der Waals surface area contributed by atoms with Crippen molar-refractivity contribution in [3.8, 4) is 0 Å². The first kappa shape index (κ1) is 22.8. The molecular weight excluding hydrogens is 436 g/mol. The first-order valence-electron chi connectivity index (χ1n) is 11.1. The molecule has 1 unspecified atom stereocenters. The summed E-state index contributed by atoms with van der Waals surface area (Å²) < 4.78 is 0. The molecule has 2 heterocycles. The molecule has 0 radical (unpaired) electrons. The van der Waals surface area contributed by atoms with Crippen LogP contribution in [-0.4, -0.2) is 36.4 Å². The van der Waals surface area contributed by atoms with Crippen LogP contribution in [0, 0.1) is 5.92 Å². The molecule has 1 aliphatic heterocycles. The molecule has 0 saturated carbocycles. The summed E-state index contributed by atoms with van der Waals surface area (Å²) in [6.45, 7) is 2.42. The molecule has 4 rings (SSSR count). The Bertz CT molecular complexity index is 1050. The number of hydrogen-bond donors (Lipinski definition) is 2. The summed E-state index contributed by atoms with van der Waals surface area (Å²) in [5.41, 5.74) is 2.44. The van der Waals surface area contributed by atoms with Crippen LogP contribution >= 0.6 is 11.6 Å². The molecule has 33 heavy (non-hydrogen) atoms. The number of halogens is 1. The minimum absolute atomic E-state index is 0.288. The SMILES string of the molecule is O=C(NCC1CCN(c2ccncc2)CC1)C(C(=O)Nc1ccc(Cl)cc1)c1ccccc1. The molecule has 0 bridgehead atoms. The molecule has 7 heteroatoms. The Labute approximate surface area is 199 Å². The average Bonchev–Trinajstić information content (AvgIpc) is 2.86. The van der Waals surface area contributed by atoms with Crippen LogP contribution in [0.5, 0.6) is 0 Å². The predicted molar refractivity (Wildman–Crippen MR) is 131 cm³/mol. The molecule has 2 amide bonds. The highest BCUT2D eigenvalue weighted by Crippen LogP contribution is 2.24. The van der Waals surface area contributed by atoms with Crippen LogP contribution in [0.3, 0.4) is 0 Å². The van der Waals surface area contributed by atoms with Gasteiger partial charge in [0.1, 0.15) is 5.92 Å². The molecule has 1 aliphatic rings. The standard InChI is InChI=1S/C26H27ClN4O2/c27-21-6-8-22(9-7-21)30-26(33)24(20-4-2-1-3-5-20)25(32)29-18-19-12-16-31(17-13-19)23-10-14-28-15-11-23/h1-11,14-15,19,24H,12-13,16-18H2,(H,29,32)(H,30,33). The number of nitrogens with one attached hydrogen (secondary N) is 2. The van der Waals surface area contributed by atoms with E-state index < -0.39 is 5.92 Å². The number of amides is 2. The largest absolute Gasteiger partial charge is 0.371 e. The topological polar surface area (TPSA) is 74.3 Å². The highest BCUT2D eigenvalue weighted by molar-refractivity contribution is 6.30. The molecule has 3 aromatic rings. The number of carbonyl (C=O) groups is 2. The summed E-state index contributed by atoms with van der Waals surface area (Å²) in [6, 6.07) is 20.0. The van der Waals surface area contributed by atoms with E-state index in [1.165, 1.54) is 5.69 Å². The number of rotatable bonds is 7. The van der Waals surface area contributed by atoms with Crippen molar-refractivity contribution in [1.29, 1.82) is 0 Å². The number of anilines is 2. The molecule has 170 valence electrons. The van der Waals surface area contributed by atoms with Gasteiger partial charge in [0, 0.05) is 48.4 Å². The van der Waals surface area contributed by atoms with E-state index in [0.717, 1.165) is 25.9 Å². The van der Waals surface area contributed by atoms with Gasteiger partial charge in [0.25, 0.3) is 0 Å². The molecule has 6 nitrogen and oxygen atoms in total. The van der Waals surface area contributed by atoms with Gasteiger partial charge in [-0.2, -0.15) is 0 Å². The van der Waals surface area contributed by atoms with Gasteiger partial charge in [0.05, 0.1) is 0 Å². The molecule has 1 saturated heterocycles. The number of pyridine rings is 1. The number of aromatic nitrogens is 1. The number of piperidine rings is 1. The zero-order valence-corrected chi connectivity index (χ0v) is 19.0. The third kappa shape index (κ3) is 6.11. The molecule has 2 N–H and O–H groups in total. The van der Waals surface area contributed by atoms with Crippen molar-refractivity contribution < 1.29 is 9.59 Å². The summed E-state index contributed by atoms with van der Waals surface area (Å²) in [4.78, 5) is 32.6. The number of benzene rings is 2. The minimum Gasteiger partial charge on any atom is -0.371 e. The van der Waals surface area contributed by atoms with E-state index in [1.807, 2.05) is 30.3 Å². The number of hydrogen-bond acceptors (Lipinski definition) is 4. The highest BCUT2D eigenvalue weighted by Gasteiger charge is 2.29. The van der Waals surface area contributed by atoms with Gasteiger partial charge in [-0.15, -0.1) is 0 Å². The molecule has 1 fully saturated rings. The first-order chi connectivity index (χ1) is 16.1. The molecule has 0 spiro atoms. The number of nitrogens with zero attached hydrogens (tertiary/aromatic N) is 2. The maximum atomic E-state index is 13.1. The van der Waals surface area contributed by atoms with Crippen molar-refractivity contribution in [3.05, 3.63) is 89.7 Å². The van der Waals surface area contributed by atoms with E-state index >= 15 is 0 Å². The van der Waals surface area contributed by atoms with Crippen LogP contribution in [0.1, 0.15) is 24.3 Å². The van der Waals surface area contributed by atoms with Crippen molar-refractivity contribution >= 4 is 34.8 Å². The number of carbonyl (C=O) groups excluding carboxylic acids is 2. The van der Waals surface area contributed by atoms with Gasteiger partial charge in [-0.25, -0.2) is 0 Å². The van der Waals surface area contributed by atoms with Crippen LogP contribution < -0.4 is 15.5 Å². The van der Waals surface area contributed by atoms with Gasteiger partial charge < -0.3 is 15.5 Å². The Kier molecular flexibility index (Phi) is 7.58. The Morgan fingerprint density at radius 1 is 0.939 bits per heavy atom. The fourth-order valence-electron chi connectivity index (χ4n) is 4.11. The van der Waals surface area contributed by atoms with Crippen molar-refractivity contribution in [2.45, 2.75) is 18.8 Å². The molecule has 1 aromatic heterocycles. The third-order valence-electron chi connectivity index (χ3n) is 5.98. The van der Waals surface area contributed by atoms with E-state index in [9.17, 15) is 9.59 Å². The monoisotopic (exact) mass is 462 g/mol. The van der Waals surface area contributed by atoms with E-state index in [-0.39, 0.29) is 11.8 Å². The second-order valence-corrected chi connectivity index (χ2v) is 8.66. The van der Waals surface area contributed by atoms with E-state index in [4.69, 9.17) is 11.6 Å². The Morgan fingerprint density at radius 3 is 2.27 bits per heavy atom. The van der Waals surface area contributed by atoms with E-state index in [2.05, 4.69) is 20.5 Å². The zero-order valence-electron chi connectivity index (χ0n) is 18.3. The average molecular weight is 463 g/mol. The van der Waals surface area contributed by atoms with Crippen molar-refractivity contribution in [2.75, 3.05) is 29.9 Å². The fraction of sp³-hybridized carbons (Fsp3) is 0.269. The fourth-order valence-corrected chi connectivity index (χ4v) is 4.24. The Balaban J connectivity index is 1.36. The van der Waals surface area contributed by atoms with Gasteiger partial charge in [-0.1, -0.05) is 41.9 Å². The lowest BCUT2D eigenvalue weighted by Gasteiger charge is -2.33. The van der Waals surface area contributed by atoms with Gasteiger partial charge in [-0.3, -0.25) is 14.6 Å². The molecule has 0 aliphatic carbocycles. The molecular formula is C26H27ClN4O2. The maximum absolute atomic E-state index is 13.1. The lowest BCUT2D eigenvalue weighted by molar-refractivity contribution is -0.129. The lowest BCUT2D eigenvalue weighted by Crippen LogP contribution is -2.42. The van der Waals surface area contributed by atoms with Gasteiger partial charge >= 0.3 is 0 Å². The third-order valence-corrected chi connectivity index (χ3v) is 6.23. The first-order valence-corrected chi connectivity index (χ1v) is 11.5. The van der Waals surface area contributed by atoms with Crippen LogP contribution in [0.2, 0.25) is 5.02 Å². The lowest BCUT2D eigenvalue weighted by atomic mass is 9.94. The summed E-state index contributed by atoms with van der Waals surface area (Å²) in [5, 5.41) is 6.46. The van der Waals surface area contributed by atoms with Crippen LogP contribution in [0.25, 0.3) is 0 Å². The van der Waals surface area contributed by atoms with Crippen molar-refractivity contribution in [3.63, 3.8) is 0 Å². The summed E-state index contributed by atoms with van der Waals surface area (Å²) in [5.74, 6) is -1.21. The van der Waals surface area contributed by atoms with Crippen molar-refractivity contribution in [2.24, 2.45) is 5.92 Å². The normalized spacial score (nSPS) is 15.0. The second-order valence-electron chi connectivity index (χ2n) is 8.22. The molecule has 1 atom stereocenters. The highest BCUT2D eigenvalue weighted by atomic mass is 35.5. The zero-order chi connectivity index (χ0) is 23.0. The summed E-state index contributed by atoms with van der Waals surface area (Å²) >= 11 is 5.93. The summed E-state index contributed by atoms with van der Waals surface area (Å²) in [6.07, 6.45) is 5.58. The van der Waals surface area contributed by atoms with E-state index in [0.29, 0.717) is 28.7 Å². The quantitative estimate of drug-likeness (QED) is 0.507. The van der Waals surface area contributed by atoms with Gasteiger partial charge in [-0.05, 0) is 60.7 Å². The van der Waals surface area contributed by atoms with Crippen LogP contribution in [0.4, 0.5) is 11.4 Å². The van der Waals surface area contributed by atoms with Crippen LogP contribution in [-0.2, 0) is 9.59 Å². The smallest absolute Gasteiger partial charge is 0.241 e. The second kappa shape index (κ2) is 11.0. The Morgan fingerprint density at radius 2 is 1.61 bits per heavy atom. The van der Waals surface area contributed by atoms with Crippen LogP contribution in [0.15, 0.2) is 79.1 Å². The van der Waals surface area contributed by atoms with E-state index in [1.54, 1.807) is 48.8 Å². The van der Waals surface area contributed by atoms with Gasteiger partial charge in [0.15, 0.2) is 0 Å². The van der Waals surface area contributed by atoms with Crippen molar-refractivity contribution in [1.82, 2.24) is 10.3 Å². The maximum Gasteiger partial charge on any atom is 0.241 e. The predicted octanol–water partition coefficient (Wildman–Crippen LogP) is 4.49.